The number of anilines is 1. The molecule has 1 amide bonds. The Kier molecular flexibility index (Phi) is 6.41. The summed E-state index contributed by atoms with van der Waals surface area (Å²) in [7, 11) is 0. The molecule has 0 saturated carbocycles. The first-order valence-corrected chi connectivity index (χ1v) is 9.01. The van der Waals surface area contributed by atoms with Crippen molar-refractivity contribution in [3.05, 3.63) is 95.6 Å². The van der Waals surface area contributed by atoms with Crippen LogP contribution in [0, 0.1) is 0 Å². The summed E-state index contributed by atoms with van der Waals surface area (Å²) in [4.78, 5) is 24.0. The van der Waals surface area contributed by atoms with Gasteiger partial charge < -0.3 is 14.8 Å². The summed E-state index contributed by atoms with van der Waals surface area (Å²) >= 11 is 0. The third-order valence-corrected chi connectivity index (χ3v) is 4.02. The third-order valence-electron chi connectivity index (χ3n) is 4.02. The molecule has 0 saturated heterocycles. The first-order chi connectivity index (χ1) is 13.7. The summed E-state index contributed by atoms with van der Waals surface area (Å²) in [6.07, 6.45) is 0. The lowest BCUT2D eigenvalue weighted by molar-refractivity contribution is 0.0526. The van der Waals surface area contributed by atoms with Crippen LogP contribution in [0.3, 0.4) is 0 Å². The Labute approximate surface area is 163 Å². The Morgan fingerprint density at radius 3 is 2.11 bits per heavy atom. The van der Waals surface area contributed by atoms with Crippen molar-refractivity contribution < 1.29 is 19.1 Å². The zero-order valence-electron chi connectivity index (χ0n) is 15.6. The largest absolute Gasteiger partial charge is 0.489 e. The number of para-hydroxylation sites is 1. The molecule has 0 aliphatic rings. The molecule has 1 N–H and O–H groups in total. The molecule has 0 aromatic heterocycles. The number of benzene rings is 3. The molecule has 0 unspecified atom stereocenters. The van der Waals surface area contributed by atoms with Gasteiger partial charge in [0.1, 0.15) is 12.4 Å². The molecule has 3 rings (SSSR count). The Bertz CT molecular complexity index is 919. The molecule has 3 aromatic carbocycles. The van der Waals surface area contributed by atoms with E-state index in [1.165, 1.54) is 0 Å². The fourth-order valence-electron chi connectivity index (χ4n) is 2.54. The molecule has 0 atom stereocenters. The van der Waals surface area contributed by atoms with E-state index in [4.69, 9.17) is 9.47 Å². The van der Waals surface area contributed by atoms with Gasteiger partial charge in [0.05, 0.1) is 12.2 Å². The smallest absolute Gasteiger partial charge is 0.338 e. The second kappa shape index (κ2) is 9.37. The van der Waals surface area contributed by atoms with Crippen LogP contribution in [0.5, 0.6) is 5.75 Å². The van der Waals surface area contributed by atoms with Crippen molar-refractivity contribution in [2.24, 2.45) is 0 Å². The summed E-state index contributed by atoms with van der Waals surface area (Å²) in [5.74, 6) is 0.198. The lowest BCUT2D eigenvalue weighted by Gasteiger charge is -2.08. The fourth-order valence-corrected chi connectivity index (χ4v) is 2.54. The predicted octanol–water partition coefficient (Wildman–Crippen LogP) is 4.69. The summed E-state index contributed by atoms with van der Waals surface area (Å²) in [6, 6.07) is 23.4. The van der Waals surface area contributed by atoms with Crippen LogP contribution in [0.1, 0.15) is 33.2 Å². The number of nitrogens with one attached hydrogen (secondary N) is 1. The van der Waals surface area contributed by atoms with Gasteiger partial charge in [-0.1, -0.05) is 30.3 Å². The highest BCUT2D eigenvalue weighted by Gasteiger charge is 2.09. The summed E-state index contributed by atoms with van der Waals surface area (Å²) in [5, 5.41) is 2.81. The van der Waals surface area contributed by atoms with Crippen LogP contribution in [0.25, 0.3) is 0 Å². The van der Waals surface area contributed by atoms with Gasteiger partial charge in [0, 0.05) is 11.3 Å². The Morgan fingerprint density at radius 2 is 1.46 bits per heavy atom. The van der Waals surface area contributed by atoms with Crippen molar-refractivity contribution in [1.29, 1.82) is 0 Å². The average molecular weight is 375 g/mol. The number of ether oxygens (including phenoxy) is 2. The maximum atomic E-state index is 12.4. The highest BCUT2D eigenvalue weighted by Crippen LogP contribution is 2.15. The molecule has 0 radical (unpaired) electrons. The average Bonchev–Trinajstić information content (AvgIpc) is 2.74. The van der Waals surface area contributed by atoms with Crippen LogP contribution in [-0.4, -0.2) is 18.5 Å². The maximum Gasteiger partial charge on any atom is 0.338 e. The van der Waals surface area contributed by atoms with E-state index < -0.39 is 0 Å². The molecular formula is C23H21NO4. The van der Waals surface area contributed by atoms with Gasteiger partial charge in [0.2, 0.25) is 0 Å². The number of carbonyl (C=O) groups is 2. The lowest BCUT2D eigenvalue weighted by atomic mass is 10.1. The van der Waals surface area contributed by atoms with E-state index in [1.807, 2.05) is 42.5 Å². The molecule has 0 aliphatic carbocycles. The van der Waals surface area contributed by atoms with Crippen molar-refractivity contribution >= 4 is 17.6 Å². The normalized spacial score (nSPS) is 10.2. The lowest BCUT2D eigenvalue weighted by Crippen LogP contribution is -2.12. The number of hydrogen-bond acceptors (Lipinski definition) is 4. The Morgan fingerprint density at radius 1 is 0.821 bits per heavy atom. The van der Waals surface area contributed by atoms with E-state index in [-0.39, 0.29) is 11.9 Å². The van der Waals surface area contributed by atoms with Crippen LogP contribution in [0.15, 0.2) is 78.9 Å². The van der Waals surface area contributed by atoms with Crippen molar-refractivity contribution in [3.63, 3.8) is 0 Å². The third kappa shape index (κ3) is 5.20. The Balaban J connectivity index is 1.56. The van der Waals surface area contributed by atoms with Gasteiger partial charge in [-0.3, -0.25) is 4.79 Å². The summed E-state index contributed by atoms with van der Waals surface area (Å²) in [6.45, 7) is 2.51. The van der Waals surface area contributed by atoms with Gasteiger partial charge in [0.25, 0.3) is 5.91 Å². The number of amides is 1. The SMILES string of the molecule is CCOC(=O)c1ccc(NC(=O)c2ccc(COc3ccccc3)cc2)cc1. The molecule has 0 heterocycles. The van der Waals surface area contributed by atoms with Crippen LogP contribution in [0.2, 0.25) is 0 Å². The summed E-state index contributed by atoms with van der Waals surface area (Å²) < 4.78 is 10.6. The van der Waals surface area contributed by atoms with Crippen LogP contribution < -0.4 is 10.1 Å². The van der Waals surface area contributed by atoms with E-state index in [1.54, 1.807) is 43.3 Å². The zero-order valence-corrected chi connectivity index (χ0v) is 15.6. The van der Waals surface area contributed by atoms with Crippen LogP contribution in [0.4, 0.5) is 5.69 Å². The van der Waals surface area contributed by atoms with E-state index >= 15 is 0 Å². The van der Waals surface area contributed by atoms with E-state index in [0.717, 1.165) is 11.3 Å². The van der Waals surface area contributed by atoms with Gasteiger partial charge in [-0.05, 0) is 61.0 Å². The van der Waals surface area contributed by atoms with Gasteiger partial charge in [-0.25, -0.2) is 4.79 Å². The van der Waals surface area contributed by atoms with Crippen molar-refractivity contribution in [2.75, 3.05) is 11.9 Å². The van der Waals surface area contributed by atoms with Gasteiger partial charge in [-0.2, -0.15) is 0 Å². The molecule has 0 bridgehead atoms. The number of rotatable bonds is 7. The zero-order chi connectivity index (χ0) is 19.8. The number of esters is 1. The molecule has 3 aromatic rings. The first kappa shape index (κ1) is 19.2. The van der Waals surface area contributed by atoms with E-state index in [9.17, 15) is 9.59 Å². The molecule has 28 heavy (non-hydrogen) atoms. The molecule has 5 heteroatoms. The topological polar surface area (TPSA) is 64.6 Å². The minimum Gasteiger partial charge on any atom is -0.489 e. The van der Waals surface area contributed by atoms with Crippen LogP contribution in [-0.2, 0) is 11.3 Å². The van der Waals surface area contributed by atoms with E-state index in [2.05, 4.69) is 5.32 Å². The van der Waals surface area contributed by atoms with E-state index in [0.29, 0.717) is 30.0 Å². The number of carbonyl (C=O) groups excluding carboxylic acids is 2. The van der Waals surface area contributed by atoms with Gasteiger partial charge in [0.15, 0.2) is 0 Å². The quantitative estimate of drug-likeness (QED) is 0.608. The molecule has 5 nitrogen and oxygen atoms in total. The standard InChI is InChI=1S/C23H21NO4/c1-2-27-23(26)19-12-14-20(15-13-19)24-22(25)18-10-8-17(9-11-18)16-28-21-6-4-3-5-7-21/h3-15H,2,16H2,1H3,(H,24,25). The fraction of sp³-hybridized carbons (Fsp3) is 0.130. The highest BCUT2D eigenvalue weighted by atomic mass is 16.5. The molecule has 0 aliphatic heterocycles. The molecule has 0 spiro atoms. The highest BCUT2D eigenvalue weighted by molar-refractivity contribution is 6.04. The monoisotopic (exact) mass is 375 g/mol. The number of hydrogen-bond donors (Lipinski definition) is 1. The predicted molar refractivity (Wildman–Crippen MR) is 108 cm³/mol. The molecule has 142 valence electrons. The second-order valence-electron chi connectivity index (χ2n) is 6.05. The Hall–Kier alpha value is -3.60. The minimum atomic E-state index is -0.381. The van der Waals surface area contributed by atoms with Gasteiger partial charge >= 0.3 is 5.97 Å². The maximum absolute atomic E-state index is 12.4. The van der Waals surface area contributed by atoms with Gasteiger partial charge in [-0.15, -0.1) is 0 Å². The van der Waals surface area contributed by atoms with Crippen molar-refractivity contribution in [2.45, 2.75) is 13.5 Å². The molecular weight excluding hydrogens is 354 g/mol. The minimum absolute atomic E-state index is 0.223. The summed E-state index contributed by atoms with van der Waals surface area (Å²) in [5.41, 5.74) is 2.56. The van der Waals surface area contributed by atoms with Crippen molar-refractivity contribution in [1.82, 2.24) is 0 Å². The van der Waals surface area contributed by atoms with Crippen LogP contribution >= 0.6 is 0 Å². The molecule has 0 fully saturated rings. The van der Waals surface area contributed by atoms with Crippen molar-refractivity contribution in [3.8, 4) is 5.75 Å². The second-order valence-corrected chi connectivity index (χ2v) is 6.05. The first-order valence-electron chi connectivity index (χ1n) is 9.01.